The highest BCUT2D eigenvalue weighted by molar-refractivity contribution is 5.91. The molecule has 0 radical (unpaired) electrons. The minimum absolute atomic E-state index is 0.152. The predicted molar refractivity (Wildman–Crippen MR) is 57.6 cm³/mol. The van der Waals surface area contributed by atoms with E-state index < -0.39 is 12.1 Å². The van der Waals surface area contributed by atoms with Gasteiger partial charge in [0.25, 0.3) is 0 Å². The number of benzene rings is 1. The van der Waals surface area contributed by atoms with Crippen LogP contribution in [0.2, 0.25) is 0 Å². The highest BCUT2D eigenvalue weighted by Gasteiger charge is 2.21. The Kier molecular flexibility index (Phi) is 3.93. The first-order valence-corrected chi connectivity index (χ1v) is 4.78. The number of hydrogen-bond acceptors (Lipinski definition) is 2. The van der Waals surface area contributed by atoms with Crippen molar-refractivity contribution >= 4 is 12.0 Å². The van der Waals surface area contributed by atoms with E-state index in [-0.39, 0.29) is 6.08 Å². The van der Waals surface area contributed by atoms with Gasteiger partial charge in [-0.25, -0.2) is 4.79 Å². The Balaban J connectivity index is 2.97. The summed E-state index contributed by atoms with van der Waals surface area (Å²) in [6, 6.07) is 4.37. The minimum Gasteiger partial charge on any atom is -0.465 e. The SMILES string of the molecule is COC(=O)c1ccc(C=CC(F)(F)F)cc1C. The van der Waals surface area contributed by atoms with Gasteiger partial charge in [0, 0.05) is 6.08 Å². The van der Waals surface area contributed by atoms with Crippen LogP contribution in [0, 0.1) is 6.92 Å². The maximum absolute atomic E-state index is 11.9. The van der Waals surface area contributed by atoms with Gasteiger partial charge in [0.05, 0.1) is 12.7 Å². The van der Waals surface area contributed by atoms with E-state index in [0.29, 0.717) is 16.7 Å². The molecule has 5 heteroatoms. The van der Waals surface area contributed by atoms with Crippen LogP contribution in [-0.4, -0.2) is 19.3 Å². The van der Waals surface area contributed by atoms with Gasteiger partial charge < -0.3 is 4.74 Å². The predicted octanol–water partition coefficient (Wildman–Crippen LogP) is 3.36. The molecule has 0 saturated heterocycles. The number of alkyl halides is 3. The van der Waals surface area contributed by atoms with E-state index in [2.05, 4.69) is 4.74 Å². The molecule has 0 amide bonds. The molecule has 0 aliphatic heterocycles. The molecule has 2 nitrogen and oxygen atoms in total. The Morgan fingerprint density at radius 1 is 1.35 bits per heavy atom. The minimum atomic E-state index is -4.34. The number of halogens is 3. The molecule has 92 valence electrons. The summed E-state index contributed by atoms with van der Waals surface area (Å²) in [6.07, 6.45) is -3.23. The van der Waals surface area contributed by atoms with Gasteiger partial charge in [0.2, 0.25) is 0 Å². The fourth-order valence-corrected chi connectivity index (χ4v) is 1.32. The summed E-state index contributed by atoms with van der Waals surface area (Å²) < 4.78 is 40.4. The van der Waals surface area contributed by atoms with E-state index in [1.807, 2.05) is 0 Å². The van der Waals surface area contributed by atoms with Crippen molar-refractivity contribution < 1.29 is 22.7 Å². The van der Waals surface area contributed by atoms with Gasteiger partial charge in [-0.05, 0) is 24.1 Å². The van der Waals surface area contributed by atoms with E-state index in [9.17, 15) is 18.0 Å². The zero-order chi connectivity index (χ0) is 13.1. The van der Waals surface area contributed by atoms with Crippen molar-refractivity contribution in [2.45, 2.75) is 13.1 Å². The van der Waals surface area contributed by atoms with Crippen LogP contribution in [0.3, 0.4) is 0 Å². The second kappa shape index (κ2) is 5.03. The first-order chi connectivity index (χ1) is 7.83. The lowest BCUT2D eigenvalue weighted by atomic mass is 10.0. The standard InChI is InChI=1S/C12H11F3O2/c1-8-7-9(5-6-12(13,14)15)3-4-10(8)11(16)17-2/h3-7H,1-2H3. The van der Waals surface area contributed by atoms with Gasteiger partial charge in [0.15, 0.2) is 0 Å². The first-order valence-electron chi connectivity index (χ1n) is 4.78. The Hall–Kier alpha value is -1.78. The van der Waals surface area contributed by atoms with Gasteiger partial charge in [-0.3, -0.25) is 0 Å². The van der Waals surface area contributed by atoms with Crippen LogP contribution in [0.25, 0.3) is 6.08 Å². The molecule has 1 aromatic rings. The lowest BCUT2D eigenvalue weighted by Crippen LogP contribution is -2.04. The lowest BCUT2D eigenvalue weighted by molar-refractivity contribution is -0.0790. The van der Waals surface area contributed by atoms with Crippen molar-refractivity contribution in [3.05, 3.63) is 41.0 Å². The number of carbonyl (C=O) groups is 1. The topological polar surface area (TPSA) is 26.3 Å². The van der Waals surface area contributed by atoms with Crippen LogP contribution in [0.5, 0.6) is 0 Å². The van der Waals surface area contributed by atoms with Gasteiger partial charge in [-0.2, -0.15) is 13.2 Å². The van der Waals surface area contributed by atoms with Crippen LogP contribution in [0.4, 0.5) is 13.2 Å². The molecule has 0 N–H and O–H groups in total. The number of carbonyl (C=O) groups excluding carboxylic acids is 1. The molecule has 0 fully saturated rings. The first kappa shape index (κ1) is 13.3. The normalized spacial score (nSPS) is 11.8. The monoisotopic (exact) mass is 244 g/mol. The molecule has 0 heterocycles. The Morgan fingerprint density at radius 2 is 2.00 bits per heavy atom. The average molecular weight is 244 g/mol. The van der Waals surface area contributed by atoms with Crippen molar-refractivity contribution in [3.8, 4) is 0 Å². The van der Waals surface area contributed by atoms with Gasteiger partial charge in [-0.15, -0.1) is 0 Å². The molecule has 17 heavy (non-hydrogen) atoms. The summed E-state index contributed by atoms with van der Waals surface area (Å²) in [6.45, 7) is 1.64. The highest BCUT2D eigenvalue weighted by atomic mass is 19.4. The maximum atomic E-state index is 11.9. The second-order valence-electron chi connectivity index (χ2n) is 3.44. The van der Waals surface area contributed by atoms with E-state index in [1.165, 1.54) is 25.3 Å². The number of esters is 1. The number of rotatable bonds is 2. The van der Waals surface area contributed by atoms with Crippen LogP contribution < -0.4 is 0 Å². The van der Waals surface area contributed by atoms with Crippen molar-refractivity contribution in [2.75, 3.05) is 7.11 Å². The number of allylic oxidation sites excluding steroid dienone is 1. The van der Waals surface area contributed by atoms with Crippen LogP contribution in [-0.2, 0) is 4.74 Å². The number of hydrogen-bond donors (Lipinski definition) is 0. The molecule has 1 rings (SSSR count). The zero-order valence-electron chi connectivity index (χ0n) is 9.34. The maximum Gasteiger partial charge on any atom is 0.409 e. The molecular weight excluding hydrogens is 233 g/mol. The van der Waals surface area contributed by atoms with E-state index in [1.54, 1.807) is 6.92 Å². The fraction of sp³-hybridized carbons (Fsp3) is 0.250. The van der Waals surface area contributed by atoms with Crippen LogP contribution in [0.15, 0.2) is 24.3 Å². The van der Waals surface area contributed by atoms with Crippen molar-refractivity contribution in [1.82, 2.24) is 0 Å². The molecule has 0 aromatic heterocycles. The van der Waals surface area contributed by atoms with E-state index in [0.717, 1.165) is 6.08 Å². The van der Waals surface area contributed by atoms with Crippen molar-refractivity contribution in [3.63, 3.8) is 0 Å². The molecule has 0 aliphatic carbocycles. The number of methoxy groups -OCH3 is 1. The third-order valence-electron chi connectivity index (χ3n) is 2.12. The van der Waals surface area contributed by atoms with Crippen molar-refractivity contribution in [1.29, 1.82) is 0 Å². The molecule has 1 aromatic carbocycles. The van der Waals surface area contributed by atoms with Gasteiger partial charge in [-0.1, -0.05) is 18.2 Å². The summed E-state index contributed by atoms with van der Waals surface area (Å²) in [5.41, 5.74) is 1.30. The third kappa shape index (κ3) is 3.94. The number of ether oxygens (including phenoxy) is 1. The Morgan fingerprint density at radius 3 is 2.47 bits per heavy atom. The van der Waals surface area contributed by atoms with Gasteiger partial charge >= 0.3 is 12.1 Å². The summed E-state index contributed by atoms with van der Waals surface area (Å²) in [4.78, 5) is 11.2. The zero-order valence-corrected chi connectivity index (χ0v) is 9.34. The number of aryl methyl sites for hydroxylation is 1. The second-order valence-corrected chi connectivity index (χ2v) is 3.44. The fourth-order valence-electron chi connectivity index (χ4n) is 1.32. The molecular formula is C12H11F3O2. The average Bonchev–Trinajstić information content (AvgIpc) is 2.24. The molecule has 0 unspecified atom stereocenters. The molecule has 0 atom stereocenters. The Bertz CT molecular complexity index is 448. The van der Waals surface area contributed by atoms with Crippen LogP contribution in [0.1, 0.15) is 21.5 Å². The largest absolute Gasteiger partial charge is 0.465 e. The lowest BCUT2D eigenvalue weighted by Gasteiger charge is -2.05. The Labute approximate surface area is 96.7 Å². The molecule has 0 bridgehead atoms. The summed E-state index contributed by atoms with van der Waals surface area (Å²) in [5.74, 6) is -0.506. The van der Waals surface area contributed by atoms with Crippen molar-refractivity contribution in [2.24, 2.45) is 0 Å². The summed E-state index contributed by atoms with van der Waals surface area (Å²) in [7, 11) is 1.25. The smallest absolute Gasteiger partial charge is 0.409 e. The van der Waals surface area contributed by atoms with Gasteiger partial charge in [0.1, 0.15) is 0 Å². The highest BCUT2D eigenvalue weighted by Crippen LogP contribution is 2.19. The van der Waals surface area contributed by atoms with Crippen LogP contribution >= 0.6 is 0 Å². The molecule has 0 spiro atoms. The van der Waals surface area contributed by atoms with E-state index in [4.69, 9.17) is 0 Å². The summed E-state index contributed by atoms with van der Waals surface area (Å²) >= 11 is 0. The summed E-state index contributed by atoms with van der Waals surface area (Å²) in [5, 5.41) is 0. The molecule has 0 aliphatic rings. The third-order valence-corrected chi connectivity index (χ3v) is 2.12. The van der Waals surface area contributed by atoms with E-state index >= 15 is 0 Å². The quantitative estimate of drug-likeness (QED) is 0.745. The molecule has 0 saturated carbocycles.